The molecule has 1 aliphatic rings. The van der Waals surface area contributed by atoms with Crippen LogP contribution in [0.3, 0.4) is 0 Å². The third-order valence-corrected chi connectivity index (χ3v) is 2.85. The number of rotatable bonds is 8. The Labute approximate surface area is 99.5 Å². The first-order chi connectivity index (χ1) is 7.86. The number of unbranched alkanes of at least 4 members (excludes halogenated alkanes) is 2. The Morgan fingerprint density at radius 3 is 2.25 bits per heavy atom. The van der Waals surface area contributed by atoms with Gasteiger partial charge in [0.1, 0.15) is 0 Å². The van der Waals surface area contributed by atoms with E-state index in [0.29, 0.717) is 6.61 Å². The molecule has 0 radical (unpaired) electrons. The average molecular weight is 230 g/mol. The van der Waals surface area contributed by atoms with Crippen molar-refractivity contribution in [3.05, 3.63) is 0 Å². The summed E-state index contributed by atoms with van der Waals surface area (Å²) in [4.78, 5) is 0. The molecule has 0 aliphatic carbocycles. The van der Waals surface area contributed by atoms with Crippen molar-refractivity contribution in [2.24, 2.45) is 0 Å². The summed E-state index contributed by atoms with van der Waals surface area (Å²) in [6, 6.07) is 0. The maximum Gasteiger partial charge on any atom is 0.157 e. The molecule has 0 saturated carbocycles. The van der Waals surface area contributed by atoms with Crippen molar-refractivity contribution < 1.29 is 14.2 Å². The molecule has 1 rings (SSSR count). The highest BCUT2D eigenvalue weighted by Gasteiger charge is 2.22. The van der Waals surface area contributed by atoms with Gasteiger partial charge in [0.15, 0.2) is 6.29 Å². The molecule has 1 fully saturated rings. The molecule has 3 nitrogen and oxygen atoms in total. The predicted molar refractivity (Wildman–Crippen MR) is 64.5 cm³/mol. The first-order valence-electron chi connectivity index (χ1n) is 6.71. The fraction of sp³-hybridized carbons (Fsp3) is 1.00. The molecule has 1 heterocycles. The molecule has 96 valence electrons. The predicted octanol–water partition coefficient (Wildman–Crippen LogP) is 3.12. The van der Waals surface area contributed by atoms with Crippen molar-refractivity contribution >= 4 is 0 Å². The summed E-state index contributed by atoms with van der Waals surface area (Å²) >= 11 is 0. The molecule has 16 heavy (non-hydrogen) atoms. The second-order valence-corrected chi connectivity index (χ2v) is 4.41. The van der Waals surface area contributed by atoms with Gasteiger partial charge in [0, 0.05) is 19.6 Å². The Morgan fingerprint density at radius 1 is 1.00 bits per heavy atom. The van der Waals surface area contributed by atoms with E-state index < -0.39 is 0 Å². The van der Waals surface area contributed by atoms with Gasteiger partial charge in [-0.3, -0.25) is 0 Å². The van der Waals surface area contributed by atoms with Gasteiger partial charge in [0.25, 0.3) is 0 Å². The van der Waals surface area contributed by atoms with Crippen LogP contribution in [0.2, 0.25) is 0 Å². The van der Waals surface area contributed by atoms with E-state index in [2.05, 4.69) is 13.8 Å². The molecule has 0 amide bonds. The van der Waals surface area contributed by atoms with E-state index in [1.54, 1.807) is 0 Å². The van der Waals surface area contributed by atoms with Crippen molar-refractivity contribution in [2.45, 2.75) is 64.8 Å². The molecule has 0 aromatic heterocycles. The van der Waals surface area contributed by atoms with Crippen molar-refractivity contribution in [2.75, 3.05) is 19.8 Å². The summed E-state index contributed by atoms with van der Waals surface area (Å²) < 4.78 is 17.0. The minimum Gasteiger partial charge on any atom is -0.376 e. The molecular formula is C13H26O3. The Morgan fingerprint density at radius 2 is 1.69 bits per heavy atom. The molecule has 0 bridgehead atoms. The van der Waals surface area contributed by atoms with Crippen LogP contribution < -0.4 is 0 Å². The summed E-state index contributed by atoms with van der Waals surface area (Å²) in [5.74, 6) is 0. The fourth-order valence-corrected chi connectivity index (χ4v) is 1.72. The maximum absolute atomic E-state index is 5.72. The summed E-state index contributed by atoms with van der Waals surface area (Å²) in [7, 11) is 0. The highest BCUT2D eigenvalue weighted by molar-refractivity contribution is 4.65. The van der Waals surface area contributed by atoms with E-state index in [1.807, 2.05) is 0 Å². The lowest BCUT2D eigenvalue weighted by molar-refractivity contribution is -0.194. The van der Waals surface area contributed by atoms with Gasteiger partial charge in [0.2, 0.25) is 0 Å². The van der Waals surface area contributed by atoms with Crippen LogP contribution in [0.1, 0.15) is 52.4 Å². The molecule has 1 saturated heterocycles. The van der Waals surface area contributed by atoms with E-state index in [0.717, 1.165) is 38.9 Å². The Hall–Kier alpha value is -0.120. The summed E-state index contributed by atoms with van der Waals surface area (Å²) in [6.07, 6.45) is 6.98. The quantitative estimate of drug-likeness (QED) is 0.600. The number of hydrogen-bond acceptors (Lipinski definition) is 3. The average Bonchev–Trinajstić information content (AvgIpc) is 2.32. The highest BCUT2D eigenvalue weighted by atomic mass is 16.7. The first kappa shape index (κ1) is 13.9. The molecular weight excluding hydrogens is 204 g/mol. The second kappa shape index (κ2) is 8.97. The topological polar surface area (TPSA) is 27.7 Å². The second-order valence-electron chi connectivity index (χ2n) is 4.41. The minimum atomic E-state index is 0.0116. The normalized spacial score (nSPS) is 25.9. The smallest absolute Gasteiger partial charge is 0.157 e. The van der Waals surface area contributed by atoms with Gasteiger partial charge in [-0.05, 0) is 19.3 Å². The molecule has 0 aromatic carbocycles. The first-order valence-corrected chi connectivity index (χ1v) is 6.71. The van der Waals surface area contributed by atoms with Gasteiger partial charge in [0.05, 0.1) is 12.7 Å². The van der Waals surface area contributed by atoms with Crippen LogP contribution in [-0.2, 0) is 14.2 Å². The van der Waals surface area contributed by atoms with E-state index in [-0.39, 0.29) is 12.4 Å². The van der Waals surface area contributed by atoms with E-state index in [9.17, 15) is 0 Å². The third-order valence-electron chi connectivity index (χ3n) is 2.85. The molecule has 1 aliphatic heterocycles. The van der Waals surface area contributed by atoms with Gasteiger partial charge in [-0.25, -0.2) is 0 Å². The molecule has 2 atom stereocenters. The summed E-state index contributed by atoms with van der Waals surface area (Å²) in [6.45, 7) is 6.73. The van der Waals surface area contributed by atoms with Crippen LogP contribution >= 0.6 is 0 Å². The lowest BCUT2D eigenvalue weighted by Gasteiger charge is -2.29. The summed E-state index contributed by atoms with van der Waals surface area (Å²) in [5.41, 5.74) is 0. The van der Waals surface area contributed by atoms with Crippen molar-refractivity contribution in [1.82, 2.24) is 0 Å². The van der Waals surface area contributed by atoms with E-state index in [4.69, 9.17) is 14.2 Å². The maximum atomic E-state index is 5.72. The zero-order valence-corrected chi connectivity index (χ0v) is 10.7. The van der Waals surface area contributed by atoms with Crippen LogP contribution in [-0.4, -0.2) is 32.2 Å². The highest BCUT2D eigenvalue weighted by Crippen LogP contribution is 2.17. The molecule has 0 N–H and O–H groups in total. The van der Waals surface area contributed by atoms with Gasteiger partial charge < -0.3 is 14.2 Å². The van der Waals surface area contributed by atoms with Crippen LogP contribution in [0.4, 0.5) is 0 Å². The minimum absolute atomic E-state index is 0.0116. The van der Waals surface area contributed by atoms with Gasteiger partial charge in [-0.1, -0.05) is 26.7 Å². The molecule has 0 spiro atoms. The SMILES string of the molecule is CCCCO[C@@H]1CC[C@H](OCCCC)OC1. The number of ether oxygens (including phenoxy) is 3. The standard InChI is InChI=1S/C13H26O3/c1-3-5-9-14-12-7-8-13(16-11-12)15-10-6-4-2/h12-13H,3-11H2,1-2H3/t12-,13-/m1/s1. The van der Waals surface area contributed by atoms with E-state index >= 15 is 0 Å². The number of hydrogen-bond donors (Lipinski definition) is 0. The zero-order valence-electron chi connectivity index (χ0n) is 10.7. The molecule has 3 heteroatoms. The van der Waals surface area contributed by atoms with Crippen LogP contribution in [0.15, 0.2) is 0 Å². The van der Waals surface area contributed by atoms with Gasteiger partial charge in [-0.2, -0.15) is 0 Å². The summed E-state index contributed by atoms with van der Waals surface area (Å²) in [5, 5.41) is 0. The van der Waals surface area contributed by atoms with Crippen molar-refractivity contribution in [3.63, 3.8) is 0 Å². The monoisotopic (exact) mass is 230 g/mol. The lowest BCUT2D eigenvalue weighted by Crippen LogP contribution is -2.33. The van der Waals surface area contributed by atoms with Crippen LogP contribution in [0, 0.1) is 0 Å². The largest absolute Gasteiger partial charge is 0.376 e. The molecule has 0 aromatic rings. The fourth-order valence-electron chi connectivity index (χ4n) is 1.72. The van der Waals surface area contributed by atoms with Crippen LogP contribution in [0.5, 0.6) is 0 Å². The van der Waals surface area contributed by atoms with Crippen LogP contribution in [0.25, 0.3) is 0 Å². The van der Waals surface area contributed by atoms with Gasteiger partial charge in [-0.15, -0.1) is 0 Å². The van der Waals surface area contributed by atoms with Crippen molar-refractivity contribution in [3.8, 4) is 0 Å². The Kier molecular flexibility index (Phi) is 7.81. The lowest BCUT2D eigenvalue weighted by atomic mass is 10.1. The third kappa shape index (κ3) is 5.83. The Balaban J connectivity index is 2.00. The van der Waals surface area contributed by atoms with E-state index in [1.165, 1.54) is 12.8 Å². The Bertz CT molecular complexity index is 135. The van der Waals surface area contributed by atoms with Gasteiger partial charge >= 0.3 is 0 Å². The van der Waals surface area contributed by atoms with Crippen molar-refractivity contribution in [1.29, 1.82) is 0 Å². The molecule has 0 unspecified atom stereocenters. The zero-order chi connectivity index (χ0) is 11.6.